The van der Waals surface area contributed by atoms with Gasteiger partial charge in [-0.1, -0.05) is 48.0 Å². The Labute approximate surface area is 121 Å². The molecule has 2 aromatic rings. The highest BCUT2D eigenvalue weighted by atomic mass is 35.5. The van der Waals surface area contributed by atoms with Crippen LogP contribution in [0.4, 0.5) is 0 Å². The van der Waals surface area contributed by atoms with Gasteiger partial charge in [-0.15, -0.1) is 11.6 Å². The topological polar surface area (TPSA) is 26.3 Å². The second-order valence-electron chi connectivity index (χ2n) is 4.21. The van der Waals surface area contributed by atoms with E-state index in [2.05, 4.69) is 0 Å². The van der Waals surface area contributed by atoms with Crippen LogP contribution in [0.25, 0.3) is 0 Å². The number of benzene rings is 2. The van der Waals surface area contributed by atoms with E-state index in [1.54, 1.807) is 12.1 Å². The first-order chi connectivity index (χ1) is 9.16. The van der Waals surface area contributed by atoms with E-state index in [4.69, 9.17) is 15.8 Å². The number of aryl methyl sites for hydroxylation is 1. The van der Waals surface area contributed by atoms with Gasteiger partial charge in [0, 0.05) is 0 Å². The molecule has 100 valence electrons. The number of halogens is 1. The van der Waals surface area contributed by atoms with Gasteiger partial charge in [-0.3, -0.25) is 4.18 Å². The van der Waals surface area contributed by atoms with Crippen LogP contribution in [0.5, 0.6) is 0 Å². The van der Waals surface area contributed by atoms with Crippen LogP contribution in [0.1, 0.15) is 16.5 Å². The van der Waals surface area contributed by atoms with Crippen LogP contribution in [-0.2, 0) is 15.3 Å². The first-order valence-corrected chi connectivity index (χ1v) is 7.48. The molecule has 0 fully saturated rings. The fourth-order valence-electron chi connectivity index (χ4n) is 1.60. The second-order valence-corrected chi connectivity index (χ2v) is 5.91. The summed E-state index contributed by atoms with van der Waals surface area (Å²) in [5, 5.41) is -0.296. The van der Waals surface area contributed by atoms with Crippen LogP contribution >= 0.6 is 11.6 Å². The summed E-state index contributed by atoms with van der Waals surface area (Å²) >= 11 is 4.73. The molecule has 0 spiro atoms. The molecule has 2 rings (SSSR count). The maximum Gasteiger partial charge on any atom is 0.189 e. The molecule has 0 aromatic heterocycles. The van der Waals surface area contributed by atoms with Crippen LogP contribution < -0.4 is 0 Å². The van der Waals surface area contributed by atoms with Crippen molar-refractivity contribution in [1.29, 1.82) is 0 Å². The molecule has 2 unspecified atom stereocenters. The van der Waals surface area contributed by atoms with Crippen molar-refractivity contribution in [1.82, 2.24) is 0 Å². The lowest BCUT2D eigenvalue weighted by Gasteiger charge is -2.09. The monoisotopic (exact) mass is 294 g/mol. The summed E-state index contributed by atoms with van der Waals surface area (Å²) < 4.78 is 17.2. The standard InChI is InChI=1S/C15H15ClO2S/c1-12-7-9-14(10-8-12)19(17)18-11-15(16)13-5-3-2-4-6-13/h2-10,15H,11H2,1H3. The molecule has 0 aliphatic heterocycles. The van der Waals surface area contributed by atoms with Gasteiger partial charge in [-0.2, -0.15) is 0 Å². The highest BCUT2D eigenvalue weighted by Gasteiger charge is 2.11. The highest BCUT2D eigenvalue weighted by Crippen LogP contribution is 2.21. The summed E-state index contributed by atoms with van der Waals surface area (Å²) in [6.45, 7) is 2.20. The van der Waals surface area contributed by atoms with Gasteiger partial charge in [-0.25, -0.2) is 4.21 Å². The van der Waals surface area contributed by atoms with Gasteiger partial charge in [0.2, 0.25) is 0 Å². The molecular weight excluding hydrogens is 280 g/mol. The van der Waals surface area contributed by atoms with Gasteiger partial charge in [0.25, 0.3) is 0 Å². The lowest BCUT2D eigenvalue weighted by atomic mass is 10.2. The zero-order valence-corrected chi connectivity index (χ0v) is 12.2. The molecule has 0 N–H and O–H groups in total. The molecular formula is C15H15ClO2S. The Kier molecular flexibility index (Phi) is 5.14. The summed E-state index contributed by atoms with van der Waals surface area (Å²) in [6.07, 6.45) is 0. The fourth-order valence-corrected chi connectivity index (χ4v) is 2.63. The lowest BCUT2D eigenvalue weighted by Crippen LogP contribution is -2.05. The van der Waals surface area contributed by atoms with Crippen molar-refractivity contribution >= 4 is 22.7 Å². The van der Waals surface area contributed by atoms with Gasteiger partial charge in [0.1, 0.15) is 0 Å². The molecule has 2 atom stereocenters. The molecule has 2 nitrogen and oxygen atoms in total. The molecule has 0 bridgehead atoms. The molecule has 0 saturated heterocycles. The molecule has 0 aliphatic carbocycles. The van der Waals surface area contributed by atoms with Crippen molar-refractivity contribution in [2.75, 3.05) is 6.61 Å². The number of alkyl halides is 1. The van der Waals surface area contributed by atoms with E-state index in [-0.39, 0.29) is 12.0 Å². The van der Waals surface area contributed by atoms with Gasteiger partial charge in [0.05, 0.1) is 16.9 Å². The number of hydrogen-bond donors (Lipinski definition) is 0. The minimum atomic E-state index is -1.47. The highest BCUT2D eigenvalue weighted by molar-refractivity contribution is 7.80. The van der Waals surface area contributed by atoms with Crippen molar-refractivity contribution in [3.8, 4) is 0 Å². The molecule has 0 aliphatic rings. The van der Waals surface area contributed by atoms with E-state index in [0.717, 1.165) is 11.1 Å². The average molecular weight is 295 g/mol. The van der Waals surface area contributed by atoms with Crippen LogP contribution in [0.3, 0.4) is 0 Å². The summed E-state index contributed by atoms with van der Waals surface area (Å²) in [5.41, 5.74) is 2.09. The van der Waals surface area contributed by atoms with Crippen molar-refractivity contribution in [2.24, 2.45) is 0 Å². The summed E-state index contributed by atoms with van der Waals surface area (Å²) in [6, 6.07) is 17.0. The Bertz CT molecular complexity index is 540. The van der Waals surface area contributed by atoms with E-state index >= 15 is 0 Å². The molecule has 0 radical (unpaired) electrons. The average Bonchev–Trinajstić information content (AvgIpc) is 2.46. The van der Waals surface area contributed by atoms with Crippen molar-refractivity contribution < 1.29 is 8.39 Å². The van der Waals surface area contributed by atoms with Crippen LogP contribution in [0.15, 0.2) is 59.5 Å². The van der Waals surface area contributed by atoms with Crippen LogP contribution in [0.2, 0.25) is 0 Å². The first kappa shape index (κ1) is 14.3. The molecule has 2 aromatic carbocycles. The summed E-state index contributed by atoms with van der Waals surface area (Å²) in [5.74, 6) is 0. The third kappa shape index (κ3) is 4.16. The van der Waals surface area contributed by atoms with E-state index < -0.39 is 11.1 Å². The Morgan fingerprint density at radius 1 is 1.11 bits per heavy atom. The van der Waals surface area contributed by atoms with E-state index in [0.29, 0.717) is 4.90 Å². The van der Waals surface area contributed by atoms with E-state index in [1.807, 2.05) is 49.4 Å². The zero-order valence-electron chi connectivity index (χ0n) is 10.6. The Morgan fingerprint density at radius 3 is 2.37 bits per heavy atom. The van der Waals surface area contributed by atoms with E-state index in [1.165, 1.54) is 0 Å². The van der Waals surface area contributed by atoms with Gasteiger partial charge < -0.3 is 0 Å². The maximum absolute atomic E-state index is 11.9. The van der Waals surface area contributed by atoms with Crippen molar-refractivity contribution in [3.63, 3.8) is 0 Å². The fraction of sp³-hybridized carbons (Fsp3) is 0.200. The molecule has 19 heavy (non-hydrogen) atoms. The minimum absolute atomic E-state index is 0.214. The third-order valence-corrected chi connectivity index (χ3v) is 4.08. The van der Waals surface area contributed by atoms with Crippen LogP contribution in [-0.4, -0.2) is 10.8 Å². The Morgan fingerprint density at radius 2 is 1.74 bits per heavy atom. The van der Waals surface area contributed by atoms with Gasteiger partial charge in [-0.05, 0) is 24.6 Å². The second kappa shape index (κ2) is 6.85. The SMILES string of the molecule is Cc1ccc(S(=O)OCC(Cl)c2ccccc2)cc1. The Hall–Kier alpha value is -1.16. The van der Waals surface area contributed by atoms with Crippen molar-refractivity contribution in [2.45, 2.75) is 17.2 Å². The summed E-state index contributed by atoms with van der Waals surface area (Å²) in [7, 11) is 0. The zero-order chi connectivity index (χ0) is 13.7. The third-order valence-electron chi connectivity index (χ3n) is 2.70. The lowest BCUT2D eigenvalue weighted by molar-refractivity contribution is 0.346. The maximum atomic E-state index is 11.9. The smallest absolute Gasteiger partial charge is 0.189 e. The minimum Gasteiger partial charge on any atom is -0.285 e. The molecule has 0 heterocycles. The predicted octanol–water partition coefficient (Wildman–Crippen LogP) is 4.01. The normalized spacial score (nSPS) is 14.0. The Balaban J connectivity index is 1.92. The van der Waals surface area contributed by atoms with Crippen LogP contribution in [0, 0.1) is 6.92 Å². The number of hydrogen-bond acceptors (Lipinski definition) is 2. The molecule has 4 heteroatoms. The summed E-state index contributed by atoms with van der Waals surface area (Å²) in [4.78, 5) is 0.655. The molecule has 0 amide bonds. The first-order valence-electron chi connectivity index (χ1n) is 5.97. The van der Waals surface area contributed by atoms with E-state index in [9.17, 15) is 4.21 Å². The quantitative estimate of drug-likeness (QED) is 0.779. The van der Waals surface area contributed by atoms with Gasteiger partial charge >= 0.3 is 0 Å². The molecule has 0 saturated carbocycles. The predicted molar refractivity (Wildman–Crippen MR) is 78.6 cm³/mol. The number of rotatable bonds is 5. The van der Waals surface area contributed by atoms with Crippen molar-refractivity contribution in [3.05, 3.63) is 65.7 Å². The van der Waals surface area contributed by atoms with Gasteiger partial charge in [0.15, 0.2) is 11.1 Å². The largest absolute Gasteiger partial charge is 0.285 e.